The second-order valence-corrected chi connectivity index (χ2v) is 23.7. The molecule has 0 radical (unpaired) electrons. The van der Waals surface area contributed by atoms with Gasteiger partial charge in [0.05, 0.1) is 38.2 Å². The quantitative estimate of drug-likeness (QED) is 0.171. The fourth-order valence-electron chi connectivity index (χ4n) is 8.03. The van der Waals surface area contributed by atoms with Gasteiger partial charge in [-0.3, -0.25) is 4.79 Å². The van der Waals surface area contributed by atoms with Crippen LogP contribution in [-0.4, -0.2) is 92.8 Å². The summed E-state index contributed by atoms with van der Waals surface area (Å²) in [7, 11) is -4.77. The van der Waals surface area contributed by atoms with Crippen molar-refractivity contribution in [2.45, 2.75) is 88.9 Å². The number of carbonyl (C=O) groups is 1. The Balaban J connectivity index is 1.39. The average Bonchev–Trinajstić information content (AvgIpc) is 3.22. The monoisotopic (exact) mass is 787 g/mol. The van der Waals surface area contributed by atoms with Crippen LogP contribution in [0.25, 0.3) is 0 Å². The van der Waals surface area contributed by atoms with Crippen LogP contribution >= 0.6 is 11.6 Å². The molecule has 0 saturated heterocycles. The highest BCUT2D eigenvalue weighted by Crippen LogP contribution is 2.48. The van der Waals surface area contributed by atoms with Crippen LogP contribution in [0.4, 0.5) is 5.69 Å². The third-order valence-corrected chi connectivity index (χ3v) is 18.4. The topological polar surface area (TPSA) is 107 Å². The summed E-state index contributed by atoms with van der Waals surface area (Å²) in [5.41, 5.74) is 3.34. The standard InChI is InChI=1S/C40H58ClN3O7SSi/c1-39(2,3)53(5,6)51-36-11-7-8-19-44(20-21-49-23-22-48-4)52(46,47)42-38(45)30-13-17-37-35(25-30)43(26-31-12-15-33(31)36)27-40(28-50-37)18-9-10-29-24-32(41)14-16-34(29)40/h7,11,13-14,16-17,24-25,31,33,36H,8-10,12,15,18-23,26-28H2,1-6H3,(H,42,45)/b11-7+/t31-,33+,36?,40-/m0/s1. The lowest BCUT2D eigenvalue weighted by molar-refractivity contribution is 0.0524. The Morgan fingerprint density at radius 3 is 2.64 bits per heavy atom. The van der Waals surface area contributed by atoms with Crippen molar-refractivity contribution < 1.29 is 31.8 Å². The van der Waals surface area contributed by atoms with Crippen LogP contribution in [0, 0.1) is 11.8 Å². The fraction of sp³-hybridized carbons (Fsp3) is 0.625. The molecule has 1 unspecified atom stereocenters. The van der Waals surface area contributed by atoms with Crippen molar-refractivity contribution in [3.63, 3.8) is 0 Å². The van der Waals surface area contributed by atoms with Gasteiger partial charge in [0.25, 0.3) is 5.91 Å². The molecule has 2 heterocycles. The SMILES string of the molecule is COCCOCCN1CC/C=C/C(O[Si](C)(C)C(C)(C)C)[C@@H]2CC[C@H]2CN2C[C@@]3(CCCc4cc(Cl)ccc43)COc3ccc(cc32)C(=O)NS1(=O)=O. The molecule has 2 bridgehead atoms. The van der Waals surface area contributed by atoms with Crippen LogP contribution in [0.15, 0.2) is 48.6 Å². The number of anilines is 1. The van der Waals surface area contributed by atoms with Crippen LogP contribution in [0.5, 0.6) is 5.75 Å². The Morgan fingerprint density at radius 1 is 1.09 bits per heavy atom. The van der Waals surface area contributed by atoms with Crippen molar-refractivity contribution in [3.8, 4) is 5.75 Å². The number of aryl methyl sites for hydroxylation is 1. The summed E-state index contributed by atoms with van der Waals surface area (Å²) >= 11 is 6.49. The van der Waals surface area contributed by atoms with E-state index in [0.29, 0.717) is 50.4 Å². The highest BCUT2D eigenvalue weighted by atomic mass is 35.5. The van der Waals surface area contributed by atoms with Crippen molar-refractivity contribution >= 4 is 41.7 Å². The Morgan fingerprint density at radius 2 is 1.91 bits per heavy atom. The van der Waals surface area contributed by atoms with Crippen molar-refractivity contribution in [2.24, 2.45) is 11.8 Å². The van der Waals surface area contributed by atoms with E-state index in [-0.39, 0.29) is 41.8 Å². The molecule has 1 spiro atoms. The summed E-state index contributed by atoms with van der Waals surface area (Å²) in [5, 5.41) is 0.770. The second-order valence-electron chi connectivity index (χ2n) is 16.8. The van der Waals surface area contributed by atoms with Crippen LogP contribution in [0.2, 0.25) is 23.2 Å². The molecule has 2 aliphatic carbocycles. The minimum absolute atomic E-state index is 0.0301. The highest BCUT2D eigenvalue weighted by Gasteiger charge is 2.47. The average molecular weight is 789 g/mol. The molecule has 1 saturated carbocycles. The lowest BCUT2D eigenvalue weighted by Crippen LogP contribution is -2.52. The van der Waals surface area contributed by atoms with E-state index in [1.807, 2.05) is 18.2 Å². The molecule has 1 N–H and O–H groups in total. The number of benzene rings is 2. The third kappa shape index (κ3) is 9.00. The van der Waals surface area contributed by atoms with Crippen LogP contribution < -0.4 is 14.4 Å². The first-order valence-corrected chi connectivity index (χ1v) is 23.9. The first kappa shape index (κ1) is 40.2. The van der Waals surface area contributed by atoms with Gasteiger partial charge in [-0.2, -0.15) is 12.7 Å². The number of fused-ring (bicyclic) bond motifs is 4. The maximum absolute atomic E-state index is 13.8. The van der Waals surface area contributed by atoms with E-state index in [1.54, 1.807) is 13.2 Å². The van der Waals surface area contributed by atoms with Gasteiger partial charge in [-0.15, -0.1) is 0 Å². The van der Waals surface area contributed by atoms with Gasteiger partial charge in [0.1, 0.15) is 5.75 Å². The second kappa shape index (κ2) is 16.3. The van der Waals surface area contributed by atoms with Crippen molar-refractivity contribution in [1.29, 1.82) is 0 Å². The molecule has 53 heavy (non-hydrogen) atoms. The lowest BCUT2D eigenvalue weighted by atomic mass is 9.68. The van der Waals surface area contributed by atoms with E-state index in [4.69, 9.17) is 30.2 Å². The molecule has 2 aliphatic heterocycles. The fourth-order valence-corrected chi connectivity index (χ4v) is 10.7. The zero-order valence-electron chi connectivity index (χ0n) is 32.3. The first-order valence-electron chi connectivity index (χ1n) is 19.2. The smallest absolute Gasteiger partial charge is 0.304 e. The summed E-state index contributed by atoms with van der Waals surface area (Å²) in [6.07, 6.45) is 9.73. The van der Waals surface area contributed by atoms with Gasteiger partial charge < -0.3 is 23.5 Å². The Labute approximate surface area is 322 Å². The normalized spacial score (nSPS) is 27.1. The molecule has 4 atom stereocenters. The Bertz CT molecular complexity index is 1770. The van der Waals surface area contributed by atoms with Gasteiger partial charge in [-0.1, -0.05) is 50.6 Å². The number of nitrogens with zero attached hydrogens (tertiary/aromatic N) is 2. The van der Waals surface area contributed by atoms with Gasteiger partial charge in [0.2, 0.25) is 0 Å². The lowest BCUT2D eigenvalue weighted by Gasteiger charge is -2.48. The maximum Gasteiger partial charge on any atom is 0.304 e. The molecule has 13 heteroatoms. The largest absolute Gasteiger partial charge is 0.490 e. The van der Waals surface area contributed by atoms with Gasteiger partial charge in [0.15, 0.2) is 8.32 Å². The molecule has 2 aromatic carbocycles. The van der Waals surface area contributed by atoms with Crippen LogP contribution in [-0.2, 0) is 35.9 Å². The zero-order valence-corrected chi connectivity index (χ0v) is 34.9. The van der Waals surface area contributed by atoms with E-state index >= 15 is 0 Å². The van der Waals surface area contributed by atoms with Crippen LogP contribution in [0.1, 0.15) is 74.4 Å². The van der Waals surface area contributed by atoms with E-state index in [9.17, 15) is 13.2 Å². The number of methoxy groups -OCH3 is 1. The van der Waals surface area contributed by atoms with Gasteiger partial charge in [0, 0.05) is 49.3 Å². The molecule has 2 aromatic rings. The van der Waals surface area contributed by atoms with E-state index in [2.05, 4.69) is 67.8 Å². The van der Waals surface area contributed by atoms with E-state index < -0.39 is 24.4 Å². The third-order valence-electron chi connectivity index (χ3n) is 12.2. The summed E-state index contributed by atoms with van der Waals surface area (Å²) in [6.45, 7) is 14.6. The molecule has 1 fully saturated rings. The Kier molecular flexibility index (Phi) is 12.4. The molecule has 4 aliphatic rings. The van der Waals surface area contributed by atoms with Gasteiger partial charge >= 0.3 is 10.2 Å². The van der Waals surface area contributed by atoms with Gasteiger partial charge in [-0.05, 0) is 110 Å². The highest BCUT2D eigenvalue weighted by molar-refractivity contribution is 7.87. The summed E-state index contributed by atoms with van der Waals surface area (Å²) in [5.74, 6) is 0.678. The molecule has 10 nitrogen and oxygen atoms in total. The van der Waals surface area contributed by atoms with Crippen molar-refractivity contribution in [3.05, 3.63) is 70.3 Å². The van der Waals surface area contributed by atoms with Crippen LogP contribution in [0.3, 0.4) is 0 Å². The minimum Gasteiger partial charge on any atom is -0.490 e. The van der Waals surface area contributed by atoms with Crippen molar-refractivity contribution in [1.82, 2.24) is 9.03 Å². The van der Waals surface area contributed by atoms with E-state index in [1.165, 1.54) is 15.4 Å². The first-order chi connectivity index (χ1) is 25.1. The molecule has 0 aromatic heterocycles. The van der Waals surface area contributed by atoms with E-state index in [0.717, 1.165) is 49.4 Å². The minimum atomic E-state index is -4.20. The van der Waals surface area contributed by atoms with Gasteiger partial charge in [-0.25, -0.2) is 4.72 Å². The predicted octanol–water partition coefficient (Wildman–Crippen LogP) is 7.13. The Hall–Kier alpha value is -2.45. The molecular formula is C40H58ClN3O7SSi. The summed E-state index contributed by atoms with van der Waals surface area (Å²) in [6, 6.07) is 11.5. The number of ether oxygens (including phenoxy) is 3. The zero-order chi connectivity index (χ0) is 38.0. The molecular weight excluding hydrogens is 730 g/mol. The predicted molar refractivity (Wildman–Crippen MR) is 213 cm³/mol. The number of hydrogen-bond acceptors (Lipinski definition) is 8. The number of amides is 1. The summed E-state index contributed by atoms with van der Waals surface area (Å²) in [4.78, 5) is 16.2. The number of rotatable bonds is 8. The molecule has 6 rings (SSSR count). The number of hydrogen-bond donors (Lipinski definition) is 1. The molecule has 292 valence electrons. The number of nitrogens with one attached hydrogen (secondary N) is 1. The number of halogens is 1. The molecule has 1 amide bonds. The maximum atomic E-state index is 13.8. The van der Waals surface area contributed by atoms with Crippen molar-refractivity contribution in [2.75, 3.05) is 64.6 Å². The summed E-state index contributed by atoms with van der Waals surface area (Å²) < 4.78 is 55.8. The number of carbonyl (C=O) groups excluding carboxylic acids is 1.